The van der Waals surface area contributed by atoms with Crippen LogP contribution in [0.2, 0.25) is 0 Å². The Morgan fingerprint density at radius 3 is 2.32 bits per heavy atom. The van der Waals surface area contributed by atoms with Crippen molar-refractivity contribution in [2.24, 2.45) is 0 Å². The standard InChI is InChI=1S/C25H25ClN2O6/c1-4-5-14-33-25(32)18-8-6-7-9-19(18)28-22(29)20(26)21(23(28)30)27-17-12-10-16(11-13-17)24(31)34-15(2)3/h6-13,15,27H,4-5,14H2,1-3H3. The molecular weight excluding hydrogens is 460 g/mol. The number of para-hydroxylation sites is 1. The normalized spacial score (nSPS) is 13.5. The van der Waals surface area contributed by atoms with Gasteiger partial charge in [0.1, 0.15) is 10.7 Å². The van der Waals surface area contributed by atoms with E-state index in [-0.39, 0.29) is 34.7 Å². The summed E-state index contributed by atoms with van der Waals surface area (Å²) in [5.41, 5.74) is 0.799. The molecular formula is C25H25ClN2O6. The van der Waals surface area contributed by atoms with E-state index in [4.69, 9.17) is 21.1 Å². The largest absolute Gasteiger partial charge is 0.462 e. The summed E-state index contributed by atoms with van der Waals surface area (Å²) in [5.74, 6) is -2.59. The molecule has 0 spiro atoms. The van der Waals surface area contributed by atoms with Gasteiger partial charge in [-0.1, -0.05) is 37.1 Å². The smallest absolute Gasteiger partial charge is 0.340 e. The minimum absolute atomic E-state index is 0.0824. The molecule has 0 aromatic heterocycles. The van der Waals surface area contributed by atoms with Crippen LogP contribution in [0.25, 0.3) is 0 Å². The number of nitrogens with zero attached hydrogens (tertiary/aromatic N) is 1. The molecule has 8 nitrogen and oxygen atoms in total. The minimum Gasteiger partial charge on any atom is -0.462 e. The molecule has 0 bridgehead atoms. The van der Waals surface area contributed by atoms with Crippen LogP contribution in [0.3, 0.4) is 0 Å². The Balaban J connectivity index is 1.81. The first-order valence-electron chi connectivity index (χ1n) is 10.9. The monoisotopic (exact) mass is 484 g/mol. The minimum atomic E-state index is -0.764. The fourth-order valence-corrected chi connectivity index (χ4v) is 3.39. The SMILES string of the molecule is CCCCOC(=O)c1ccccc1N1C(=O)C(Cl)=C(Nc2ccc(C(=O)OC(C)C)cc2)C1=O. The topological polar surface area (TPSA) is 102 Å². The van der Waals surface area contributed by atoms with Gasteiger partial charge in [0.25, 0.3) is 11.8 Å². The first-order valence-corrected chi connectivity index (χ1v) is 11.2. The van der Waals surface area contributed by atoms with Crippen molar-refractivity contribution in [3.8, 4) is 0 Å². The summed E-state index contributed by atoms with van der Waals surface area (Å²) in [7, 11) is 0. The first-order chi connectivity index (χ1) is 16.2. The van der Waals surface area contributed by atoms with Crippen molar-refractivity contribution in [2.75, 3.05) is 16.8 Å². The highest BCUT2D eigenvalue weighted by atomic mass is 35.5. The predicted octanol–water partition coefficient (Wildman–Crippen LogP) is 4.64. The molecule has 0 saturated carbocycles. The van der Waals surface area contributed by atoms with Crippen LogP contribution in [0.5, 0.6) is 0 Å². The van der Waals surface area contributed by atoms with Gasteiger partial charge < -0.3 is 14.8 Å². The number of anilines is 2. The van der Waals surface area contributed by atoms with Crippen molar-refractivity contribution < 1.29 is 28.7 Å². The number of amides is 2. The molecule has 0 aliphatic carbocycles. The van der Waals surface area contributed by atoms with Crippen LogP contribution in [0.1, 0.15) is 54.3 Å². The Morgan fingerprint density at radius 2 is 1.68 bits per heavy atom. The second-order valence-corrected chi connectivity index (χ2v) is 8.18. The fraction of sp³-hybridized carbons (Fsp3) is 0.280. The molecule has 178 valence electrons. The van der Waals surface area contributed by atoms with E-state index in [1.54, 1.807) is 38.1 Å². The number of ether oxygens (including phenoxy) is 2. The summed E-state index contributed by atoms with van der Waals surface area (Å²) in [6, 6.07) is 12.4. The van der Waals surface area contributed by atoms with E-state index in [0.29, 0.717) is 17.7 Å². The fourth-order valence-electron chi connectivity index (χ4n) is 3.17. The number of carbonyl (C=O) groups excluding carboxylic acids is 4. The molecule has 2 aromatic carbocycles. The molecule has 0 atom stereocenters. The lowest BCUT2D eigenvalue weighted by Gasteiger charge is -2.18. The average molecular weight is 485 g/mol. The summed E-state index contributed by atoms with van der Waals surface area (Å²) < 4.78 is 10.4. The molecule has 2 amide bonds. The summed E-state index contributed by atoms with van der Waals surface area (Å²) in [6.07, 6.45) is 1.30. The highest BCUT2D eigenvalue weighted by Crippen LogP contribution is 2.32. The molecule has 2 aromatic rings. The predicted molar refractivity (Wildman–Crippen MR) is 128 cm³/mol. The molecule has 34 heavy (non-hydrogen) atoms. The maximum atomic E-state index is 13.1. The van der Waals surface area contributed by atoms with Crippen molar-refractivity contribution >= 4 is 46.7 Å². The third kappa shape index (κ3) is 5.46. The molecule has 0 fully saturated rings. The molecule has 1 N–H and O–H groups in total. The number of unbranched alkanes of at least 4 members (excludes halogenated alkanes) is 1. The number of carbonyl (C=O) groups is 4. The molecule has 9 heteroatoms. The quantitative estimate of drug-likeness (QED) is 0.314. The number of hydrogen-bond acceptors (Lipinski definition) is 7. The van der Waals surface area contributed by atoms with Gasteiger partial charge in [0.05, 0.1) is 29.5 Å². The molecule has 3 rings (SSSR count). The Bertz CT molecular complexity index is 1140. The van der Waals surface area contributed by atoms with E-state index in [0.717, 1.165) is 11.3 Å². The van der Waals surface area contributed by atoms with E-state index in [1.807, 2.05) is 6.92 Å². The van der Waals surface area contributed by atoms with E-state index >= 15 is 0 Å². The van der Waals surface area contributed by atoms with E-state index in [1.165, 1.54) is 24.3 Å². The maximum absolute atomic E-state index is 13.1. The Kier molecular flexibility index (Phi) is 8.07. The van der Waals surface area contributed by atoms with Gasteiger partial charge in [-0.05, 0) is 56.7 Å². The number of benzene rings is 2. The molecule has 0 radical (unpaired) electrons. The average Bonchev–Trinajstić information content (AvgIpc) is 3.02. The van der Waals surface area contributed by atoms with Gasteiger partial charge in [-0.15, -0.1) is 0 Å². The molecule has 0 unspecified atom stereocenters. The van der Waals surface area contributed by atoms with Crippen LogP contribution in [0.15, 0.2) is 59.3 Å². The van der Waals surface area contributed by atoms with Gasteiger partial charge >= 0.3 is 11.9 Å². The summed E-state index contributed by atoms with van der Waals surface area (Å²) in [6.45, 7) is 5.70. The lowest BCUT2D eigenvalue weighted by molar-refractivity contribution is -0.120. The highest BCUT2D eigenvalue weighted by Gasteiger charge is 2.40. The summed E-state index contributed by atoms with van der Waals surface area (Å²) in [5, 5.41) is 2.52. The zero-order valence-electron chi connectivity index (χ0n) is 19.1. The van der Waals surface area contributed by atoms with E-state index in [2.05, 4.69) is 5.32 Å². The highest BCUT2D eigenvalue weighted by molar-refractivity contribution is 6.53. The second kappa shape index (κ2) is 11.0. The Labute approximate surface area is 202 Å². The molecule has 1 heterocycles. The van der Waals surface area contributed by atoms with Gasteiger partial charge in [0.2, 0.25) is 0 Å². The molecule has 1 aliphatic heterocycles. The van der Waals surface area contributed by atoms with Crippen LogP contribution in [-0.2, 0) is 19.1 Å². The van der Waals surface area contributed by atoms with Crippen LogP contribution in [-0.4, -0.2) is 36.5 Å². The number of hydrogen-bond donors (Lipinski definition) is 1. The Hall–Kier alpha value is -3.65. The third-order valence-corrected chi connectivity index (χ3v) is 5.21. The first kappa shape index (κ1) is 25.0. The molecule has 1 aliphatic rings. The van der Waals surface area contributed by atoms with Crippen molar-refractivity contribution in [2.45, 2.75) is 39.7 Å². The summed E-state index contributed by atoms with van der Waals surface area (Å²) >= 11 is 6.21. The lowest BCUT2D eigenvalue weighted by Crippen LogP contribution is -2.33. The number of nitrogens with one attached hydrogen (secondary N) is 1. The third-order valence-electron chi connectivity index (χ3n) is 4.86. The Morgan fingerprint density at radius 1 is 1.00 bits per heavy atom. The lowest BCUT2D eigenvalue weighted by atomic mass is 10.1. The number of imide groups is 1. The van der Waals surface area contributed by atoms with Gasteiger partial charge in [0.15, 0.2) is 0 Å². The van der Waals surface area contributed by atoms with Crippen LogP contribution in [0, 0.1) is 0 Å². The van der Waals surface area contributed by atoms with Crippen molar-refractivity contribution in [1.82, 2.24) is 0 Å². The molecule has 0 saturated heterocycles. The number of esters is 2. The van der Waals surface area contributed by atoms with Gasteiger partial charge in [-0.3, -0.25) is 9.59 Å². The van der Waals surface area contributed by atoms with Crippen molar-refractivity contribution in [1.29, 1.82) is 0 Å². The van der Waals surface area contributed by atoms with Crippen LogP contribution < -0.4 is 10.2 Å². The second-order valence-electron chi connectivity index (χ2n) is 7.80. The van der Waals surface area contributed by atoms with Crippen LogP contribution in [0.4, 0.5) is 11.4 Å². The number of rotatable bonds is 9. The van der Waals surface area contributed by atoms with Gasteiger partial charge in [-0.25, -0.2) is 14.5 Å². The van der Waals surface area contributed by atoms with E-state index < -0.39 is 23.8 Å². The van der Waals surface area contributed by atoms with E-state index in [9.17, 15) is 19.2 Å². The number of halogens is 1. The van der Waals surface area contributed by atoms with Gasteiger partial charge in [-0.2, -0.15) is 0 Å². The maximum Gasteiger partial charge on any atom is 0.340 e. The van der Waals surface area contributed by atoms with Crippen LogP contribution >= 0.6 is 11.6 Å². The zero-order chi connectivity index (χ0) is 24.8. The zero-order valence-corrected chi connectivity index (χ0v) is 19.8. The van der Waals surface area contributed by atoms with Crippen molar-refractivity contribution in [3.05, 3.63) is 70.4 Å². The van der Waals surface area contributed by atoms with Crippen molar-refractivity contribution in [3.63, 3.8) is 0 Å². The van der Waals surface area contributed by atoms with Gasteiger partial charge in [0, 0.05) is 5.69 Å². The summed E-state index contributed by atoms with van der Waals surface area (Å²) in [4.78, 5) is 51.4.